The first kappa shape index (κ1) is 24.4. The van der Waals surface area contributed by atoms with Gasteiger partial charge in [-0.15, -0.1) is 0 Å². The maximum Gasteiger partial charge on any atom is 0.338 e. The normalized spacial score (nSPS) is 10.5. The molecule has 180 valence electrons. The molecular weight excluding hydrogens is 459 g/mol. The van der Waals surface area contributed by atoms with Gasteiger partial charge in [0.2, 0.25) is 0 Å². The zero-order valence-electron chi connectivity index (χ0n) is 19.8. The highest BCUT2D eigenvalue weighted by Crippen LogP contribution is 2.33. The Bertz CT molecular complexity index is 1460. The Kier molecular flexibility index (Phi) is 6.97. The van der Waals surface area contributed by atoms with E-state index in [9.17, 15) is 14.0 Å². The molecule has 6 heteroatoms. The number of hydrogen-bond donors (Lipinski definition) is 0. The van der Waals surface area contributed by atoms with Crippen molar-refractivity contribution in [3.05, 3.63) is 109 Å². The Morgan fingerprint density at radius 1 is 0.667 bits per heavy atom. The van der Waals surface area contributed by atoms with Crippen molar-refractivity contribution in [3.63, 3.8) is 0 Å². The highest BCUT2D eigenvalue weighted by Gasteiger charge is 2.13. The summed E-state index contributed by atoms with van der Waals surface area (Å²) in [6.07, 6.45) is 0. The Morgan fingerprint density at radius 2 is 1.11 bits per heavy atom. The SMILES string of the molecule is C=C(C)C(=O)Oc1ccc(-c2ccc(-c3ccc(-c4ccc(OC(=O)C(=C)C)cc4)c(F)c3)o2)cc1. The molecule has 4 rings (SSSR count). The standard InChI is InChI=1S/C30H23FO5/c1-18(2)29(32)34-23-10-5-20(6-11-23)25-14-9-22(17-26(25)31)28-16-15-27(36-28)21-7-12-24(13-8-21)35-30(33)19(3)4/h5-17H,1,3H2,2,4H3. The molecule has 0 aliphatic carbocycles. The first-order valence-corrected chi connectivity index (χ1v) is 11.1. The molecular formula is C30H23FO5. The average Bonchev–Trinajstić information content (AvgIpc) is 3.35. The smallest absolute Gasteiger partial charge is 0.338 e. The molecule has 0 fully saturated rings. The molecule has 0 radical (unpaired) electrons. The minimum Gasteiger partial charge on any atom is -0.456 e. The van der Waals surface area contributed by atoms with Gasteiger partial charge in [-0.2, -0.15) is 0 Å². The van der Waals surface area contributed by atoms with Crippen molar-refractivity contribution >= 4 is 11.9 Å². The van der Waals surface area contributed by atoms with E-state index in [-0.39, 0.29) is 0 Å². The third-order valence-corrected chi connectivity index (χ3v) is 5.28. The first-order chi connectivity index (χ1) is 17.2. The summed E-state index contributed by atoms with van der Waals surface area (Å²) in [5, 5.41) is 0. The predicted octanol–water partition coefficient (Wildman–Crippen LogP) is 7.38. The third-order valence-electron chi connectivity index (χ3n) is 5.28. The molecule has 0 atom stereocenters. The van der Waals surface area contributed by atoms with Crippen LogP contribution < -0.4 is 9.47 Å². The van der Waals surface area contributed by atoms with Gasteiger partial charge in [-0.05, 0) is 74.0 Å². The van der Waals surface area contributed by atoms with Crippen LogP contribution in [0, 0.1) is 5.82 Å². The van der Waals surface area contributed by atoms with Crippen LogP contribution in [0.5, 0.6) is 11.5 Å². The maximum absolute atomic E-state index is 15.0. The molecule has 1 heterocycles. The molecule has 0 aliphatic heterocycles. The monoisotopic (exact) mass is 482 g/mol. The molecule has 0 bridgehead atoms. The van der Waals surface area contributed by atoms with Crippen LogP contribution in [0.1, 0.15) is 13.8 Å². The van der Waals surface area contributed by atoms with Gasteiger partial charge in [-0.3, -0.25) is 0 Å². The van der Waals surface area contributed by atoms with Gasteiger partial charge in [0.05, 0.1) is 0 Å². The topological polar surface area (TPSA) is 65.7 Å². The summed E-state index contributed by atoms with van der Waals surface area (Å²) in [5.41, 5.74) is 3.02. The van der Waals surface area contributed by atoms with Crippen LogP contribution in [0.15, 0.2) is 108 Å². The van der Waals surface area contributed by atoms with E-state index >= 15 is 0 Å². The van der Waals surface area contributed by atoms with E-state index in [1.165, 1.54) is 6.07 Å². The first-order valence-electron chi connectivity index (χ1n) is 11.1. The molecule has 0 unspecified atom stereocenters. The summed E-state index contributed by atoms with van der Waals surface area (Å²) in [4.78, 5) is 23.3. The molecule has 0 saturated carbocycles. The molecule has 0 amide bonds. The fraction of sp³-hybridized carbons (Fsp3) is 0.0667. The number of benzene rings is 3. The molecule has 0 aliphatic rings. The molecule has 36 heavy (non-hydrogen) atoms. The molecule has 1 aromatic heterocycles. The summed E-state index contributed by atoms with van der Waals surface area (Å²) in [5.74, 6) is 0.435. The van der Waals surface area contributed by atoms with Crippen molar-refractivity contribution in [1.82, 2.24) is 0 Å². The molecule has 0 saturated heterocycles. The van der Waals surface area contributed by atoms with Gasteiger partial charge >= 0.3 is 11.9 Å². The summed E-state index contributed by atoms with van der Waals surface area (Å²) in [6.45, 7) is 10.3. The number of esters is 2. The quantitative estimate of drug-likeness (QED) is 0.156. The van der Waals surface area contributed by atoms with Crippen LogP contribution in [-0.2, 0) is 9.59 Å². The number of ether oxygens (including phenoxy) is 2. The highest BCUT2D eigenvalue weighted by molar-refractivity contribution is 5.89. The number of halogens is 1. The van der Waals surface area contributed by atoms with Crippen molar-refractivity contribution in [1.29, 1.82) is 0 Å². The third kappa shape index (κ3) is 5.50. The van der Waals surface area contributed by atoms with Gasteiger partial charge in [-0.25, -0.2) is 14.0 Å². The summed E-state index contributed by atoms with van der Waals surface area (Å²) in [6, 6.07) is 21.9. The van der Waals surface area contributed by atoms with E-state index in [4.69, 9.17) is 13.9 Å². The lowest BCUT2D eigenvalue weighted by molar-refractivity contribution is -0.130. The van der Waals surface area contributed by atoms with Crippen LogP contribution in [0.3, 0.4) is 0 Å². The van der Waals surface area contributed by atoms with Crippen molar-refractivity contribution in [2.24, 2.45) is 0 Å². The second-order valence-corrected chi connectivity index (χ2v) is 8.25. The van der Waals surface area contributed by atoms with Crippen LogP contribution in [0.4, 0.5) is 4.39 Å². The molecule has 0 spiro atoms. The van der Waals surface area contributed by atoms with E-state index in [0.29, 0.717) is 50.9 Å². The van der Waals surface area contributed by atoms with Gasteiger partial charge in [0.25, 0.3) is 0 Å². The number of carbonyl (C=O) groups excluding carboxylic acids is 2. The second-order valence-electron chi connectivity index (χ2n) is 8.25. The lowest BCUT2D eigenvalue weighted by atomic mass is 10.0. The van der Waals surface area contributed by atoms with Crippen LogP contribution >= 0.6 is 0 Å². The van der Waals surface area contributed by atoms with Crippen LogP contribution in [0.25, 0.3) is 33.8 Å². The molecule has 0 N–H and O–H groups in total. The average molecular weight is 483 g/mol. The van der Waals surface area contributed by atoms with Crippen molar-refractivity contribution in [2.75, 3.05) is 0 Å². The number of carbonyl (C=O) groups is 2. The summed E-state index contributed by atoms with van der Waals surface area (Å²) >= 11 is 0. The van der Waals surface area contributed by atoms with E-state index in [0.717, 1.165) is 5.56 Å². The molecule has 3 aromatic carbocycles. The Morgan fingerprint density at radius 3 is 1.58 bits per heavy atom. The zero-order valence-corrected chi connectivity index (χ0v) is 19.8. The van der Waals surface area contributed by atoms with Crippen molar-refractivity contribution < 1.29 is 27.9 Å². The fourth-order valence-electron chi connectivity index (χ4n) is 3.33. The minimum atomic E-state index is -0.516. The lowest BCUT2D eigenvalue weighted by Gasteiger charge is -2.08. The van der Waals surface area contributed by atoms with E-state index in [1.807, 2.05) is 0 Å². The zero-order chi connectivity index (χ0) is 25.8. The van der Waals surface area contributed by atoms with Gasteiger partial charge in [0, 0.05) is 27.8 Å². The minimum absolute atomic E-state index is 0.294. The van der Waals surface area contributed by atoms with E-state index in [2.05, 4.69) is 13.2 Å². The lowest BCUT2D eigenvalue weighted by Crippen LogP contribution is -2.07. The second kappa shape index (κ2) is 10.3. The van der Waals surface area contributed by atoms with Crippen molar-refractivity contribution in [2.45, 2.75) is 13.8 Å². The number of rotatable bonds is 7. The Labute approximate surface area is 208 Å². The Hall–Kier alpha value is -4.71. The van der Waals surface area contributed by atoms with Gasteiger partial charge in [0.15, 0.2) is 0 Å². The fourth-order valence-corrected chi connectivity index (χ4v) is 3.33. The highest BCUT2D eigenvalue weighted by atomic mass is 19.1. The number of furan rings is 1. The predicted molar refractivity (Wildman–Crippen MR) is 136 cm³/mol. The summed E-state index contributed by atoms with van der Waals surface area (Å²) < 4.78 is 31.3. The van der Waals surface area contributed by atoms with Crippen LogP contribution in [0.2, 0.25) is 0 Å². The van der Waals surface area contributed by atoms with Gasteiger partial charge in [0.1, 0.15) is 28.8 Å². The van der Waals surface area contributed by atoms with E-state index in [1.54, 1.807) is 86.6 Å². The van der Waals surface area contributed by atoms with Gasteiger partial charge < -0.3 is 13.9 Å². The summed E-state index contributed by atoms with van der Waals surface area (Å²) in [7, 11) is 0. The van der Waals surface area contributed by atoms with Crippen molar-refractivity contribution in [3.8, 4) is 45.3 Å². The molecule has 4 aromatic rings. The Balaban J connectivity index is 1.49. The molecule has 5 nitrogen and oxygen atoms in total. The van der Waals surface area contributed by atoms with Crippen LogP contribution in [-0.4, -0.2) is 11.9 Å². The largest absolute Gasteiger partial charge is 0.456 e. The van der Waals surface area contributed by atoms with Gasteiger partial charge in [-0.1, -0.05) is 37.4 Å². The number of hydrogen-bond acceptors (Lipinski definition) is 5. The maximum atomic E-state index is 15.0. The van der Waals surface area contributed by atoms with E-state index < -0.39 is 17.8 Å².